The predicted molar refractivity (Wildman–Crippen MR) is 102 cm³/mol. The Morgan fingerprint density at radius 1 is 1.08 bits per heavy atom. The zero-order valence-corrected chi connectivity index (χ0v) is 15.2. The summed E-state index contributed by atoms with van der Waals surface area (Å²) in [5, 5.41) is 0. The molecule has 0 radical (unpaired) electrons. The number of nitrogens with zero attached hydrogens (tertiary/aromatic N) is 1. The van der Waals surface area contributed by atoms with Gasteiger partial charge in [0.15, 0.2) is 0 Å². The van der Waals surface area contributed by atoms with Crippen molar-refractivity contribution in [3.8, 4) is 0 Å². The molecule has 24 heavy (non-hydrogen) atoms. The molecule has 0 spiro atoms. The van der Waals surface area contributed by atoms with Crippen molar-refractivity contribution in [1.82, 2.24) is 4.90 Å². The SMILES string of the molecule is Cc1cccc(CN2CC(N)CC(c3ccc(C(C)C)cc3)C2)c1. The molecule has 2 nitrogen and oxygen atoms in total. The maximum absolute atomic E-state index is 6.37. The van der Waals surface area contributed by atoms with E-state index >= 15 is 0 Å². The van der Waals surface area contributed by atoms with Crippen LogP contribution in [0.4, 0.5) is 0 Å². The van der Waals surface area contributed by atoms with Gasteiger partial charge in [-0.15, -0.1) is 0 Å². The van der Waals surface area contributed by atoms with E-state index in [9.17, 15) is 0 Å². The summed E-state index contributed by atoms with van der Waals surface area (Å²) in [6.07, 6.45) is 1.09. The Labute approximate surface area is 146 Å². The fourth-order valence-electron chi connectivity index (χ4n) is 3.82. The highest BCUT2D eigenvalue weighted by molar-refractivity contribution is 5.28. The first-order valence-electron chi connectivity index (χ1n) is 9.14. The van der Waals surface area contributed by atoms with Crippen molar-refractivity contribution in [3.63, 3.8) is 0 Å². The van der Waals surface area contributed by atoms with Gasteiger partial charge in [0, 0.05) is 25.7 Å². The summed E-state index contributed by atoms with van der Waals surface area (Å²) in [5.41, 5.74) is 11.9. The van der Waals surface area contributed by atoms with Crippen LogP contribution in [0.25, 0.3) is 0 Å². The molecule has 2 unspecified atom stereocenters. The molecule has 1 saturated heterocycles. The quantitative estimate of drug-likeness (QED) is 0.902. The van der Waals surface area contributed by atoms with E-state index in [2.05, 4.69) is 74.2 Å². The number of likely N-dealkylation sites (tertiary alicyclic amines) is 1. The minimum Gasteiger partial charge on any atom is -0.327 e. The highest BCUT2D eigenvalue weighted by Gasteiger charge is 2.26. The lowest BCUT2D eigenvalue weighted by Gasteiger charge is -2.36. The lowest BCUT2D eigenvalue weighted by molar-refractivity contribution is 0.181. The van der Waals surface area contributed by atoms with E-state index in [1.54, 1.807) is 0 Å². The second-order valence-corrected chi connectivity index (χ2v) is 7.70. The first kappa shape index (κ1) is 17.2. The number of rotatable bonds is 4. The normalized spacial score (nSPS) is 22.0. The van der Waals surface area contributed by atoms with Gasteiger partial charge in [-0.05, 0) is 41.9 Å². The van der Waals surface area contributed by atoms with Gasteiger partial charge in [0.2, 0.25) is 0 Å². The average Bonchev–Trinajstić information content (AvgIpc) is 2.54. The van der Waals surface area contributed by atoms with E-state index < -0.39 is 0 Å². The van der Waals surface area contributed by atoms with Crippen LogP contribution in [0.2, 0.25) is 0 Å². The van der Waals surface area contributed by atoms with E-state index in [1.165, 1.54) is 22.3 Å². The number of piperidine rings is 1. The molecular formula is C22H30N2. The Bertz CT molecular complexity index is 660. The minimum atomic E-state index is 0.262. The molecule has 1 fully saturated rings. The van der Waals surface area contributed by atoms with Crippen molar-refractivity contribution in [3.05, 3.63) is 70.8 Å². The van der Waals surface area contributed by atoms with Gasteiger partial charge in [0.1, 0.15) is 0 Å². The number of nitrogens with two attached hydrogens (primary N) is 1. The van der Waals surface area contributed by atoms with Crippen molar-refractivity contribution in [1.29, 1.82) is 0 Å². The maximum Gasteiger partial charge on any atom is 0.0234 e. The summed E-state index contributed by atoms with van der Waals surface area (Å²) in [5.74, 6) is 1.13. The summed E-state index contributed by atoms with van der Waals surface area (Å²) >= 11 is 0. The molecule has 1 heterocycles. The first-order valence-corrected chi connectivity index (χ1v) is 9.14. The van der Waals surface area contributed by atoms with Crippen LogP contribution in [0, 0.1) is 6.92 Å². The molecule has 2 aromatic rings. The molecule has 2 N–H and O–H groups in total. The highest BCUT2D eigenvalue weighted by atomic mass is 15.1. The zero-order valence-electron chi connectivity index (χ0n) is 15.2. The largest absolute Gasteiger partial charge is 0.327 e. The van der Waals surface area contributed by atoms with E-state index in [0.29, 0.717) is 11.8 Å². The van der Waals surface area contributed by atoms with Crippen molar-refractivity contribution in [2.75, 3.05) is 13.1 Å². The molecule has 1 aliphatic heterocycles. The van der Waals surface area contributed by atoms with Crippen molar-refractivity contribution >= 4 is 0 Å². The first-order chi connectivity index (χ1) is 11.5. The summed E-state index contributed by atoms with van der Waals surface area (Å²) in [6, 6.07) is 18.3. The fraction of sp³-hybridized carbons (Fsp3) is 0.455. The molecule has 128 valence electrons. The third-order valence-corrected chi connectivity index (χ3v) is 5.12. The van der Waals surface area contributed by atoms with Crippen LogP contribution in [0.15, 0.2) is 48.5 Å². The van der Waals surface area contributed by atoms with Crippen LogP contribution in [0.1, 0.15) is 54.4 Å². The second-order valence-electron chi connectivity index (χ2n) is 7.70. The topological polar surface area (TPSA) is 29.3 Å². The Morgan fingerprint density at radius 3 is 2.50 bits per heavy atom. The molecule has 0 aromatic heterocycles. The van der Waals surface area contributed by atoms with Gasteiger partial charge in [-0.25, -0.2) is 0 Å². The van der Waals surface area contributed by atoms with Crippen LogP contribution in [0.5, 0.6) is 0 Å². The van der Waals surface area contributed by atoms with Gasteiger partial charge in [-0.1, -0.05) is 67.9 Å². The molecule has 2 atom stereocenters. The Hall–Kier alpha value is -1.64. The van der Waals surface area contributed by atoms with E-state index in [-0.39, 0.29) is 6.04 Å². The smallest absolute Gasteiger partial charge is 0.0234 e. The molecule has 3 rings (SSSR count). The van der Waals surface area contributed by atoms with E-state index in [1.807, 2.05) is 0 Å². The van der Waals surface area contributed by atoms with Gasteiger partial charge in [-0.2, -0.15) is 0 Å². The zero-order chi connectivity index (χ0) is 17.1. The average molecular weight is 322 g/mol. The maximum atomic E-state index is 6.37. The Balaban J connectivity index is 1.71. The minimum absolute atomic E-state index is 0.262. The summed E-state index contributed by atoms with van der Waals surface area (Å²) in [7, 11) is 0. The monoisotopic (exact) mass is 322 g/mol. The molecule has 0 aliphatic carbocycles. The molecule has 1 aliphatic rings. The van der Waals surface area contributed by atoms with Crippen LogP contribution >= 0.6 is 0 Å². The van der Waals surface area contributed by atoms with Gasteiger partial charge in [-0.3, -0.25) is 4.90 Å². The molecule has 0 amide bonds. The number of aryl methyl sites for hydroxylation is 1. The van der Waals surface area contributed by atoms with Crippen molar-refractivity contribution in [2.24, 2.45) is 5.73 Å². The van der Waals surface area contributed by atoms with Crippen LogP contribution in [-0.4, -0.2) is 24.0 Å². The van der Waals surface area contributed by atoms with Crippen molar-refractivity contribution < 1.29 is 0 Å². The highest BCUT2D eigenvalue weighted by Crippen LogP contribution is 2.28. The number of benzene rings is 2. The van der Waals surface area contributed by atoms with Crippen LogP contribution < -0.4 is 5.73 Å². The molecule has 2 heteroatoms. The lowest BCUT2D eigenvalue weighted by atomic mass is 9.87. The number of hydrogen-bond acceptors (Lipinski definition) is 2. The third-order valence-electron chi connectivity index (χ3n) is 5.12. The van der Waals surface area contributed by atoms with Crippen LogP contribution in [-0.2, 0) is 6.54 Å². The summed E-state index contributed by atoms with van der Waals surface area (Å²) < 4.78 is 0. The standard InChI is InChI=1S/C22H30N2/c1-16(2)19-7-9-20(10-8-19)21-12-22(23)15-24(14-21)13-18-6-4-5-17(3)11-18/h4-11,16,21-22H,12-15,23H2,1-3H3. The van der Waals surface area contributed by atoms with Gasteiger partial charge in [0.05, 0.1) is 0 Å². The summed E-state index contributed by atoms with van der Waals surface area (Å²) in [4.78, 5) is 2.52. The van der Waals surface area contributed by atoms with Crippen LogP contribution in [0.3, 0.4) is 0 Å². The molecule has 0 bridgehead atoms. The third kappa shape index (κ3) is 4.25. The van der Waals surface area contributed by atoms with Gasteiger partial charge < -0.3 is 5.73 Å². The van der Waals surface area contributed by atoms with E-state index in [0.717, 1.165) is 26.1 Å². The molecular weight excluding hydrogens is 292 g/mol. The molecule has 2 aromatic carbocycles. The van der Waals surface area contributed by atoms with E-state index in [4.69, 9.17) is 5.73 Å². The Morgan fingerprint density at radius 2 is 1.83 bits per heavy atom. The number of hydrogen-bond donors (Lipinski definition) is 1. The van der Waals surface area contributed by atoms with Gasteiger partial charge in [0.25, 0.3) is 0 Å². The van der Waals surface area contributed by atoms with Gasteiger partial charge >= 0.3 is 0 Å². The predicted octanol–water partition coefficient (Wildman–Crippen LogP) is 4.44. The fourth-order valence-corrected chi connectivity index (χ4v) is 3.82. The second kappa shape index (κ2) is 7.50. The summed E-state index contributed by atoms with van der Waals surface area (Å²) in [6.45, 7) is 9.74. The molecule has 0 saturated carbocycles. The Kier molecular flexibility index (Phi) is 5.37. The van der Waals surface area contributed by atoms with Crippen molar-refractivity contribution in [2.45, 2.75) is 51.6 Å². The lowest BCUT2D eigenvalue weighted by Crippen LogP contribution is -2.45.